The molecule has 0 spiro atoms. The molecular formula is C14H15N3O2. The summed E-state index contributed by atoms with van der Waals surface area (Å²) in [6.45, 7) is 2.53. The highest BCUT2D eigenvalue weighted by Gasteiger charge is 2.27. The average Bonchev–Trinajstić information content (AvgIpc) is 2.93. The Bertz CT molecular complexity index is 550. The summed E-state index contributed by atoms with van der Waals surface area (Å²) < 4.78 is 5.43. The molecule has 2 aliphatic heterocycles. The van der Waals surface area contributed by atoms with E-state index in [2.05, 4.69) is 11.4 Å². The van der Waals surface area contributed by atoms with Crippen molar-refractivity contribution in [2.24, 2.45) is 0 Å². The molecule has 1 N–H and O–H groups in total. The lowest BCUT2D eigenvalue weighted by atomic mass is 10.1. The zero-order valence-corrected chi connectivity index (χ0v) is 10.6. The third-order valence-electron chi connectivity index (χ3n) is 3.59. The van der Waals surface area contributed by atoms with Gasteiger partial charge in [0.25, 0.3) is 5.91 Å². The van der Waals surface area contributed by atoms with Crippen molar-refractivity contribution in [3.8, 4) is 11.8 Å². The first-order valence-corrected chi connectivity index (χ1v) is 6.46. The first-order chi connectivity index (χ1) is 9.29. The van der Waals surface area contributed by atoms with Crippen molar-refractivity contribution in [1.29, 1.82) is 5.26 Å². The number of nitrogens with zero attached hydrogens (tertiary/aromatic N) is 2. The fourth-order valence-electron chi connectivity index (χ4n) is 2.55. The van der Waals surface area contributed by atoms with E-state index in [4.69, 9.17) is 10.00 Å². The van der Waals surface area contributed by atoms with Crippen LogP contribution in [0.2, 0.25) is 0 Å². The van der Waals surface area contributed by atoms with Crippen LogP contribution in [0.25, 0.3) is 0 Å². The number of benzene rings is 1. The van der Waals surface area contributed by atoms with Crippen molar-refractivity contribution in [3.05, 3.63) is 29.3 Å². The lowest BCUT2D eigenvalue weighted by Gasteiger charge is -2.32. The topological polar surface area (TPSA) is 65.4 Å². The van der Waals surface area contributed by atoms with Gasteiger partial charge in [0.15, 0.2) is 0 Å². The van der Waals surface area contributed by atoms with Crippen LogP contribution in [-0.2, 0) is 6.42 Å². The van der Waals surface area contributed by atoms with Crippen LogP contribution in [0.5, 0.6) is 5.75 Å². The number of amides is 1. The van der Waals surface area contributed by atoms with E-state index in [-0.39, 0.29) is 11.9 Å². The number of fused-ring (bicyclic) bond motifs is 1. The molecule has 19 heavy (non-hydrogen) atoms. The summed E-state index contributed by atoms with van der Waals surface area (Å²) in [7, 11) is 0. The molecule has 98 valence electrons. The zero-order valence-electron chi connectivity index (χ0n) is 10.6. The van der Waals surface area contributed by atoms with Gasteiger partial charge >= 0.3 is 0 Å². The maximum Gasteiger partial charge on any atom is 0.255 e. The molecule has 5 heteroatoms. The molecule has 2 aliphatic rings. The van der Waals surface area contributed by atoms with Crippen molar-refractivity contribution in [2.75, 3.05) is 26.2 Å². The maximum absolute atomic E-state index is 12.5. The Kier molecular flexibility index (Phi) is 3.10. The quantitative estimate of drug-likeness (QED) is 0.798. The monoisotopic (exact) mass is 257 g/mol. The van der Waals surface area contributed by atoms with Gasteiger partial charge in [0.2, 0.25) is 0 Å². The summed E-state index contributed by atoms with van der Waals surface area (Å²) in [5.41, 5.74) is 1.72. The van der Waals surface area contributed by atoms with E-state index in [1.165, 1.54) is 0 Å². The van der Waals surface area contributed by atoms with E-state index in [0.29, 0.717) is 25.3 Å². The van der Waals surface area contributed by atoms with E-state index in [9.17, 15) is 4.79 Å². The fraction of sp³-hybridized carbons (Fsp3) is 0.429. The number of piperazine rings is 1. The number of carbonyl (C=O) groups is 1. The molecule has 0 aliphatic carbocycles. The summed E-state index contributed by atoms with van der Waals surface area (Å²) in [6, 6.07) is 7.31. The average molecular weight is 257 g/mol. The Morgan fingerprint density at radius 3 is 3.26 bits per heavy atom. The molecule has 1 atom stereocenters. The first kappa shape index (κ1) is 12.0. The highest BCUT2D eigenvalue weighted by atomic mass is 16.5. The molecule has 1 aromatic carbocycles. The van der Waals surface area contributed by atoms with Crippen molar-refractivity contribution in [1.82, 2.24) is 10.2 Å². The second kappa shape index (κ2) is 4.90. The molecule has 0 radical (unpaired) electrons. The number of hydrogen-bond donors (Lipinski definition) is 1. The van der Waals surface area contributed by atoms with Gasteiger partial charge in [-0.1, -0.05) is 0 Å². The summed E-state index contributed by atoms with van der Waals surface area (Å²) in [5, 5.41) is 12.2. The second-order valence-electron chi connectivity index (χ2n) is 4.77. The van der Waals surface area contributed by atoms with Crippen LogP contribution in [0.1, 0.15) is 15.9 Å². The number of rotatable bonds is 1. The van der Waals surface area contributed by atoms with Crippen molar-refractivity contribution < 1.29 is 9.53 Å². The van der Waals surface area contributed by atoms with Crippen LogP contribution in [-0.4, -0.2) is 43.1 Å². The van der Waals surface area contributed by atoms with Gasteiger partial charge in [0.1, 0.15) is 11.8 Å². The molecule has 1 saturated heterocycles. The molecule has 1 fully saturated rings. The highest BCUT2D eigenvalue weighted by Crippen LogP contribution is 2.26. The Balaban J connectivity index is 1.85. The maximum atomic E-state index is 12.5. The molecule has 0 bridgehead atoms. The lowest BCUT2D eigenvalue weighted by molar-refractivity contribution is 0.0687. The molecular weight excluding hydrogens is 242 g/mol. The van der Waals surface area contributed by atoms with Gasteiger partial charge in [-0.2, -0.15) is 5.26 Å². The van der Waals surface area contributed by atoms with E-state index >= 15 is 0 Å². The predicted molar refractivity (Wildman–Crippen MR) is 68.9 cm³/mol. The van der Waals surface area contributed by atoms with Gasteiger partial charge in [-0.15, -0.1) is 0 Å². The predicted octanol–water partition coefficient (Wildman–Crippen LogP) is 0.559. The summed E-state index contributed by atoms with van der Waals surface area (Å²) >= 11 is 0. The molecule has 3 rings (SSSR count). The number of carbonyl (C=O) groups excluding carboxylic acids is 1. The minimum Gasteiger partial charge on any atom is -0.493 e. The Hall–Kier alpha value is -2.06. The normalized spacial score (nSPS) is 21.4. The van der Waals surface area contributed by atoms with Gasteiger partial charge in [0, 0.05) is 31.6 Å². The molecule has 0 aromatic heterocycles. The highest BCUT2D eigenvalue weighted by molar-refractivity contribution is 5.95. The van der Waals surface area contributed by atoms with E-state index in [1.807, 2.05) is 12.1 Å². The third-order valence-corrected chi connectivity index (χ3v) is 3.59. The Morgan fingerprint density at radius 2 is 2.42 bits per heavy atom. The van der Waals surface area contributed by atoms with Crippen LogP contribution in [0.4, 0.5) is 0 Å². The van der Waals surface area contributed by atoms with Crippen LogP contribution in [0.3, 0.4) is 0 Å². The Labute approximate surface area is 111 Å². The summed E-state index contributed by atoms with van der Waals surface area (Å²) in [5.74, 6) is 0.802. The van der Waals surface area contributed by atoms with Crippen LogP contribution >= 0.6 is 0 Å². The second-order valence-corrected chi connectivity index (χ2v) is 4.77. The molecule has 5 nitrogen and oxygen atoms in total. The molecule has 2 heterocycles. The summed E-state index contributed by atoms with van der Waals surface area (Å²) in [6.07, 6.45) is 0.847. The third kappa shape index (κ3) is 2.15. The van der Waals surface area contributed by atoms with Crippen molar-refractivity contribution >= 4 is 5.91 Å². The smallest absolute Gasteiger partial charge is 0.255 e. The van der Waals surface area contributed by atoms with Gasteiger partial charge < -0.3 is 15.0 Å². The zero-order chi connectivity index (χ0) is 13.2. The van der Waals surface area contributed by atoms with Gasteiger partial charge in [-0.05, 0) is 23.8 Å². The van der Waals surface area contributed by atoms with E-state index in [0.717, 1.165) is 24.3 Å². The lowest BCUT2D eigenvalue weighted by Crippen LogP contribution is -2.53. The number of ether oxygens (including phenoxy) is 1. The molecule has 1 aromatic rings. The van der Waals surface area contributed by atoms with E-state index < -0.39 is 0 Å². The molecule has 0 saturated carbocycles. The summed E-state index contributed by atoms with van der Waals surface area (Å²) in [4.78, 5) is 14.1. The fourth-order valence-corrected chi connectivity index (χ4v) is 2.55. The minimum atomic E-state index is -0.384. The van der Waals surface area contributed by atoms with Crippen LogP contribution in [0.15, 0.2) is 18.2 Å². The number of nitriles is 1. The standard InChI is InChI=1S/C14H15N3O2/c15-8-12-9-16-4-5-17(12)14(18)11-1-2-13-10(7-11)3-6-19-13/h1-2,7,12,16H,3-6,9H2. The molecule has 1 amide bonds. The SMILES string of the molecule is N#CC1CNCCN1C(=O)c1ccc2c(c1)CCO2. The van der Waals surface area contributed by atoms with Crippen LogP contribution < -0.4 is 10.1 Å². The van der Waals surface area contributed by atoms with E-state index in [1.54, 1.807) is 11.0 Å². The first-order valence-electron chi connectivity index (χ1n) is 6.46. The van der Waals surface area contributed by atoms with Crippen molar-refractivity contribution in [2.45, 2.75) is 12.5 Å². The number of hydrogen-bond acceptors (Lipinski definition) is 4. The Morgan fingerprint density at radius 1 is 1.53 bits per heavy atom. The number of nitrogens with one attached hydrogen (secondary N) is 1. The molecule has 1 unspecified atom stereocenters. The van der Waals surface area contributed by atoms with Gasteiger partial charge in [-0.25, -0.2) is 0 Å². The van der Waals surface area contributed by atoms with Crippen molar-refractivity contribution in [3.63, 3.8) is 0 Å². The minimum absolute atomic E-state index is 0.0669. The van der Waals surface area contributed by atoms with Crippen LogP contribution in [0, 0.1) is 11.3 Å². The van der Waals surface area contributed by atoms with Gasteiger partial charge in [-0.3, -0.25) is 4.79 Å². The van der Waals surface area contributed by atoms with Gasteiger partial charge in [0.05, 0.1) is 12.7 Å². The largest absolute Gasteiger partial charge is 0.493 e.